The molecule has 0 radical (unpaired) electrons. The van der Waals surface area contributed by atoms with E-state index in [-0.39, 0.29) is 0 Å². The SMILES string of the molecule is CCCC/C=C\C=C\CCCCCCCCCCCCI. The highest BCUT2D eigenvalue weighted by atomic mass is 127. The zero-order chi connectivity index (χ0) is 15.4. The van der Waals surface area contributed by atoms with Crippen LogP contribution in [0.5, 0.6) is 0 Å². The van der Waals surface area contributed by atoms with E-state index in [0.29, 0.717) is 0 Å². The molecule has 0 rings (SSSR count). The zero-order valence-corrected chi connectivity index (χ0v) is 16.5. The summed E-state index contributed by atoms with van der Waals surface area (Å²) in [6, 6.07) is 0. The molecule has 0 aromatic heterocycles. The molecule has 0 aliphatic carbocycles. The maximum absolute atomic E-state index is 2.48. The van der Waals surface area contributed by atoms with Crippen LogP contribution in [0, 0.1) is 0 Å². The van der Waals surface area contributed by atoms with Gasteiger partial charge in [-0.25, -0.2) is 0 Å². The third-order valence-electron chi connectivity index (χ3n) is 3.86. The standard InChI is InChI=1S/C20H37I/c1-2-3-4-5-6-7-8-9-10-11-12-13-14-15-16-17-18-19-20-21/h5-8H,2-4,9-20H2,1H3/b6-5-,8-7+. The molecule has 0 aliphatic heterocycles. The van der Waals surface area contributed by atoms with Gasteiger partial charge in [-0.15, -0.1) is 0 Å². The molecule has 0 unspecified atom stereocenters. The quantitative estimate of drug-likeness (QED) is 0.106. The fourth-order valence-electron chi connectivity index (χ4n) is 2.44. The molecular weight excluding hydrogens is 367 g/mol. The van der Waals surface area contributed by atoms with Gasteiger partial charge in [0.15, 0.2) is 0 Å². The highest BCUT2D eigenvalue weighted by molar-refractivity contribution is 14.1. The molecule has 0 spiro atoms. The van der Waals surface area contributed by atoms with Crippen molar-refractivity contribution in [3.05, 3.63) is 24.3 Å². The van der Waals surface area contributed by atoms with Gasteiger partial charge >= 0.3 is 0 Å². The van der Waals surface area contributed by atoms with E-state index in [9.17, 15) is 0 Å². The number of unbranched alkanes of at least 4 members (excludes halogenated alkanes) is 12. The predicted octanol–water partition coefficient (Wildman–Crippen LogP) is 8.02. The number of hydrogen-bond donors (Lipinski definition) is 0. The Hall–Kier alpha value is 0.210. The third kappa shape index (κ3) is 20.2. The second-order valence-corrected chi connectivity index (χ2v) is 7.09. The van der Waals surface area contributed by atoms with E-state index in [2.05, 4.69) is 53.8 Å². The van der Waals surface area contributed by atoms with Crippen LogP contribution in [-0.2, 0) is 0 Å². The van der Waals surface area contributed by atoms with Crippen LogP contribution in [0.25, 0.3) is 0 Å². The minimum Gasteiger partial charge on any atom is -0.0864 e. The number of halogens is 1. The average molecular weight is 404 g/mol. The van der Waals surface area contributed by atoms with Crippen LogP contribution in [0.3, 0.4) is 0 Å². The highest BCUT2D eigenvalue weighted by Crippen LogP contribution is 2.11. The summed E-state index contributed by atoms with van der Waals surface area (Å²) < 4.78 is 1.33. The molecule has 0 saturated heterocycles. The first-order chi connectivity index (χ1) is 10.4. The van der Waals surface area contributed by atoms with Crippen molar-refractivity contribution in [1.82, 2.24) is 0 Å². The van der Waals surface area contributed by atoms with Gasteiger partial charge in [0.05, 0.1) is 0 Å². The van der Waals surface area contributed by atoms with Gasteiger partial charge in [-0.2, -0.15) is 0 Å². The molecule has 0 atom stereocenters. The first-order valence-corrected chi connectivity index (χ1v) is 10.8. The summed E-state index contributed by atoms with van der Waals surface area (Å²) in [6.07, 6.45) is 28.6. The lowest BCUT2D eigenvalue weighted by Gasteiger charge is -2.01. The Morgan fingerprint density at radius 3 is 1.48 bits per heavy atom. The van der Waals surface area contributed by atoms with E-state index in [1.54, 1.807) is 0 Å². The Morgan fingerprint density at radius 1 is 0.571 bits per heavy atom. The molecule has 1 heteroatoms. The minimum absolute atomic E-state index is 1.24. The lowest BCUT2D eigenvalue weighted by atomic mass is 10.1. The molecule has 124 valence electrons. The Kier molecular flexibility index (Phi) is 20.4. The average Bonchev–Trinajstić information content (AvgIpc) is 2.50. The van der Waals surface area contributed by atoms with E-state index >= 15 is 0 Å². The monoisotopic (exact) mass is 404 g/mol. The van der Waals surface area contributed by atoms with Gasteiger partial charge in [0, 0.05) is 0 Å². The topological polar surface area (TPSA) is 0 Å². The van der Waals surface area contributed by atoms with Crippen LogP contribution < -0.4 is 0 Å². The van der Waals surface area contributed by atoms with Gasteiger partial charge in [-0.1, -0.05) is 118 Å². The minimum atomic E-state index is 1.24. The summed E-state index contributed by atoms with van der Waals surface area (Å²) in [7, 11) is 0. The van der Waals surface area contributed by atoms with Crippen molar-refractivity contribution in [1.29, 1.82) is 0 Å². The summed E-state index contributed by atoms with van der Waals surface area (Å²) in [6.45, 7) is 2.25. The Labute approximate surface area is 148 Å². The number of allylic oxidation sites excluding steroid dienone is 4. The Bertz CT molecular complexity index is 230. The van der Waals surface area contributed by atoms with Crippen molar-refractivity contribution in [3.63, 3.8) is 0 Å². The molecule has 0 fully saturated rings. The fraction of sp³-hybridized carbons (Fsp3) is 0.800. The van der Waals surface area contributed by atoms with Crippen LogP contribution in [-0.4, -0.2) is 4.43 Å². The molecule has 0 N–H and O–H groups in total. The fourth-order valence-corrected chi connectivity index (χ4v) is 2.98. The largest absolute Gasteiger partial charge is 0.0864 e. The van der Waals surface area contributed by atoms with Crippen molar-refractivity contribution in [2.24, 2.45) is 0 Å². The van der Waals surface area contributed by atoms with E-state index in [0.717, 1.165) is 0 Å². The first kappa shape index (κ1) is 21.2. The first-order valence-electron chi connectivity index (χ1n) is 9.29. The summed E-state index contributed by atoms with van der Waals surface area (Å²) >= 11 is 2.48. The lowest BCUT2D eigenvalue weighted by Crippen LogP contribution is -1.82. The Balaban J connectivity index is 3.08. The van der Waals surface area contributed by atoms with Gasteiger partial charge in [-0.3, -0.25) is 0 Å². The summed E-state index contributed by atoms with van der Waals surface area (Å²) in [5, 5.41) is 0. The van der Waals surface area contributed by atoms with Crippen molar-refractivity contribution in [2.75, 3.05) is 4.43 Å². The van der Waals surface area contributed by atoms with Crippen molar-refractivity contribution >= 4 is 22.6 Å². The number of alkyl halides is 1. The molecule has 21 heavy (non-hydrogen) atoms. The summed E-state index contributed by atoms with van der Waals surface area (Å²) in [4.78, 5) is 0. The summed E-state index contributed by atoms with van der Waals surface area (Å²) in [5.74, 6) is 0. The van der Waals surface area contributed by atoms with Gasteiger partial charge in [0.25, 0.3) is 0 Å². The predicted molar refractivity (Wildman–Crippen MR) is 107 cm³/mol. The Morgan fingerprint density at radius 2 is 1.00 bits per heavy atom. The van der Waals surface area contributed by atoms with Crippen LogP contribution >= 0.6 is 22.6 Å². The number of hydrogen-bond acceptors (Lipinski definition) is 0. The maximum atomic E-state index is 2.48. The molecule has 0 aromatic carbocycles. The van der Waals surface area contributed by atoms with E-state index in [1.807, 2.05) is 0 Å². The second-order valence-electron chi connectivity index (χ2n) is 6.01. The van der Waals surface area contributed by atoms with E-state index in [1.165, 1.54) is 94.3 Å². The van der Waals surface area contributed by atoms with Crippen LogP contribution in [0.2, 0.25) is 0 Å². The smallest absolute Gasteiger partial charge is 0.000473 e. The molecule has 0 nitrogen and oxygen atoms in total. The zero-order valence-electron chi connectivity index (χ0n) is 14.3. The normalized spacial score (nSPS) is 11.9. The third-order valence-corrected chi connectivity index (χ3v) is 4.62. The highest BCUT2D eigenvalue weighted by Gasteiger charge is 1.92. The molecule has 0 saturated carbocycles. The van der Waals surface area contributed by atoms with E-state index in [4.69, 9.17) is 0 Å². The van der Waals surface area contributed by atoms with Crippen molar-refractivity contribution < 1.29 is 0 Å². The molecule has 0 aliphatic rings. The lowest BCUT2D eigenvalue weighted by molar-refractivity contribution is 0.559. The van der Waals surface area contributed by atoms with Crippen LogP contribution in [0.4, 0.5) is 0 Å². The van der Waals surface area contributed by atoms with Gasteiger partial charge in [0.2, 0.25) is 0 Å². The van der Waals surface area contributed by atoms with Gasteiger partial charge in [0.1, 0.15) is 0 Å². The van der Waals surface area contributed by atoms with Crippen molar-refractivity contribution in [2.45, 2.75) is 96.8 Å². The van der Waals surface area contributed by atoms with E-state index < -0.39 is 0 Å². The van der Waals surface area contributed by atoms with Gasteiger partial charge in [-0.05, 0) is 30.1 Å². The maximum Gasteiger partial charge on any atom is -0.000473 e. The molecule has 0 aromatic rings. The van der Waals surface area contributed by atoms with Crippen LogP contribution in [0.15, 0.2) is 24.3 Å². The van der Waals surface area contributed by atoms with Gasteiger partial charge < -0.3 is 0 Å². The molecular formula is C20H37I. The summed E-state index contributed by atoms with van der Waals surface area (Å²) in [5.41, 5.74) is 0. The molecule has 0 amide bonds. The second kappa shape index (κ2) is 20.2. The van der Waals surface area contributed by atoms with Crippen LogP contribution in [0.1, 0.15) is 96.8 Å². The molecule has 0 bridgehead atoms. The number of rotatable bonds is 16. The van der Waals surface area contributed by atoms with Crippen molar-refractivity contribution in [3.8, 4) is 0 Å². The molecule has 0 heterocycles.